The Morgan fingerprint density at radius 2 is 1.67 bits per heavy atom. The summed E-state index contributed by atoms with van der Waals surface area (Å²) in [6.45, 7) is 8.73. The molecule has 0 aliphatic heterocycles. The van der Waals surface area contributed by atoms with Crippen LogP contribution in [-0.4, -0.2) is 35.9 Å². The smallest absolute Gasteiger partial charge is 0.261 e. The van der Waals surface area contributed by atoms with E-state index in [-0.39, 0.29) is 18.4 Å². The quantitative estimate of drug-likeness (QED) is 0.325. The van der Waals surface area contributed by atoms with E-state index >= 15 is 0 Å². The van der Waals surface area contributed by atoms with Crippen molar-refractivity contribution in [2.24, 2.45) is 5.92 Å². The van der Waals surface area contributed by atoms with Crippen LogP contribution < -0.4 is 10.1 Å². The molecular weight excluding hydrogens is 516 g/mol. The van der Waals surface area contributed by atoms with Gasteiger partial charge in [0, 0.05) is 24.0 Å². The van der Waals surface area contributed by atoms with Gasteiger partial charge < -0.3 is 15.0 Å². The highest BCUT2D eigenvalue weighted by atomic mass is 79.9. The van der Waals surface area contributed by atoms with E-state index < -0.39 is 6.04 Å². The average molecular weight is 552 g/mol. The zero-order valence-corrected chi connectivity index (χ0v) is 23.0. The molecule has 3 rings (SSSR count). The highest BCUT2D eigenvalue weighted by Crippen LogP contribution is 2.21. The minimum Gasteiger partial charge on any atom is -0.483 e. The molecule has 190 valence electrons. The molecule has 6 heteroatoms. The molecule has 0 spiro atoms. The highest BCUT2D eigenvalue weighted by molar-refractivity contribution is 9.10. The first kappa shape index (κ1) is 27.5. The van der Waals surface area contributed by atoms with Crippen molar-refractivity contribution in [1.29, 1.82) is 0 Å². The van der Waals surface area contributed by atoms with Crippen molar-refractivity contribution in [1.82, 2.24) is 10.2 Å². The lowest BCUT2D eigenvalue weighted by Crippen LogP contribution is -2.52. The van der Waals surface area contributed by atoms with Crippen LogP contribution >= 0.6 is 15.9 Å². The molecule has 0 saturated heterocycles. The first-order chi connectivity index (χ1) is 17.2. The Kier molecular flexibility index (Phi) is 10.1. The van der Waals surface area contributed by atoms with Gasteiger partial charge in [0.05, 0.1) is 0 Å². The zero-order valence-electron chi connectivity index (χ0n) is 21.5. The van der Waals surface area contributed by atoms with Gasteiger partial charge in [0.2, 0.25) is 5.91 Å². The van der Waals surface area contributed by atoms with Crippen molar-refractivity contribution in [3.8, 4) is 5.75 Å². The molecule has 0 unspecified atom stereocenters. The normalized spacial score (nSPS) is 11.7. The topological polar surface area (TPSA) is 58.6 Å². The van der Waals surface area contributed by atoms with Gasteiger partial charge in [0.15, 0.2) is 6.61 Å². The van der Waals surface area contributed by atoms with Crippen molar-refractivity contribution < 1.29 is 14.3 Å². The summed E-state index contributed by atoms with van der Waals surface area (Å²) in [6.07, 6.45) is 0.411. The third kappa shape index (κ3) is 8.23. The van der Waals surface area contributed by atoms with E-state index in [9.17, 15) is 9.59 Å². The molecule has 36 heavy (non-hydrogen) atoms. The van der Waals surface area contributed by atoms with Crippen LogP contribution in [0.2, 0.25) is 0 Å². The van der Waals surface area contributed by atoms with Crippen molar-refractivity contribution in [2.45, 2.75) is 46.7 Å². The number of benzene rings is 3. The van der Waals surface area contributed by atoms with Crippen molar-refractivity contribution in [2.75, 3.05) is 13.2 Å². The number of rotatable bonds is 11. The van der Waals surface area contributed by atoms with Crippen molar-refractivity contribution in [3.05, 3.63) is 99.5 Å². The summed E-state index contributed by atoms with van der Waals surface area (Å²) in [5, 5.41) is 3.04. The number of carbonyl (C=O) groups excluding carboxylic acids is 2. The Labute approximate surface area is 223 Å². The summed E-state index contributed by atoms with van der Waals surface area (Å²) in [6, 6.07) is 22.8. The number of carbonyl (C=O) groups is 2. The third-order valence-electron chi connectivity index (χ3n) is 5.89. The van der Waals surface area contributed by atoms with E-state index in [1.165, 1.54) is 0 Å². The van der Waals surface area contributed by atoms with Gasteiger partial charge in [-0.15, -0.1) is 0 Å². The molecule has 0 aromatic heterocycles. The number of halogens is 1. The Morgan fingerprint density at radius 3 is 2.36 bits per heavy atom. The number of ether oxygens (including phenoxy) is 1. The summed E-state index contributed by atoms with van der Waals surface area (Å²) < 4.78 is 6.89. The molecule has 0 aliphatic rings. The highest BCUT2D eigenvalue weighted by Gasteiger charge is 2.31. The van der Waals surface area contributed by atoms with Crippen LogP contribution in [0.3, 0.4) is 0 Å². The van der Waals surface area contributed by atoms with E-state index in [0.717, 1.165) is 26.7 Å². The van der Waals surface area contributed by atoms with Gasteiger partial charge in [-0.2, -0.15) is 0 Å². The van der Waals surface area contributed by atoms with Crippen LogP contribution in [0.15, 0.2) is 77.3 Å². The standard InChI is InChI=1S/C30H35BrN2O3/c1-21(2)18-32-30(35)27(17-24-9-6-5-7-10-24)33(19-25-11-8-12-26(31)16-25)29(34)20-36-28-15-22(3)13-14-23(28)4/h5-16,21,27H,17-20H2,1-4H3,(H,32,35)/t27-/m0/s1. The maximum absolute atomic E-state index is 13.7. The molecule has 3 aromatic carbocycles. The van der Waals surface area contributed by atoms with Crippen molar-refractivity contribution >= 4 is 27.7 Å². The molecule has 0 saturated carbocycles. The monoisotopic (exact) mass is 550 g/mol. The van der Waals surface area contributed by atoms with E-state index in [1.54, 1.807) is 4.90 Å². The second kappa shape index (κ2) is 13.3. The van der Waals surface area contributed by atoms with Crippen LogP contribution in [0.5, 0.6) is 5.75 Å². The van der Waals surface area contributed by atoms with Gasteiger partial charge in [-0.05, 0) is 60.2 Å². The summed E-state index contributed by atoms with van der Waals surface area (Å²) in [4.78, 5) is 28.8. The van der Waals surface area contributed by atoms with Gasteiger partial charge >= 0.3 is 0 Å². The molecule has 0 bridgehead atoms. The largest absolute Gasteiger partial charge is 0.483 e. The molecule has 0 radical (unpaired) electrons. The lowest BCUT2D eigenvalue weighted by molar-refractivity contribution is -0.142. The molecule has 1 atom stereocenters. The molecule has 0 heterocycles. The van der Waals surface area contributed by atoms with Crippen LogP contribution in [0, 0.1) is 19.8 Å². The second-order valence-electron chi connectivity index (χ2n) is 9.55. The van der Waals surface area contributed by atoms with E-state index in [0.29, 0.717) is 31.2 Å². The lowest BCUT2D eigenvalue weighted by Gasteiger charge is -2.32. The minimum atomic E-state index is -0.681. The number of nitrogens with one attached hydrogen (secondary N) is 1. The number of amides is 2. The summed E-state index contributed by atoms with van der Waals surface area (Å²) in [5.74, 6) is 0.571. The van der Waals surface area contributed by atoms with Crippen LogP contribution in [0.1, 0.15) is 36.1 Å². The first-order valence-electron chi connectivity index (χ1n) is 12.3. The number of hydrogen-bond acceptors (Lipinski definition) is 3. The summed E-state index contributed by atoms with van der Waals surface area (Å²) >= 11 is 3.52. The Morgan fingerprint density at radius 1 is 0.944 bits per heavy atom. The van der Waals surface area contributed by atoms with Crippen LogP contribution in [0.4, 0.5) is 0 Å². The number of aryl methyl sites for hydroxylation is 2. The summed E-state index contributed by atoms with van der Waals surface area (Å²) in [7, 11) is 0. The molecule has 3 aromatic rings. The fourth-order valence-corrected chi connectivity index (χ4v) is 4.34. The van der Waals surface area contributed by atoms with Gasteiger partial charge in [-0.3, -0.25) is 9.59 Å². The maximum atomic E-state index is 13.7. The molecule has 2 amide bonds. The average Bonchev–Trinajstić information content (AvgIpc) is 2.85. The second-order valence-corrected chi connectivity index (χ2v) is 10.5. The Balaban J connectivity index is 1.92. The molecule has 5 nitrogen and oxygen atoms in total. The predicted octanol–water partition coefficient (Wildman–Crippen LogP) is 5.86. The third-order valence-corrected chi connectivity index (χ3v) is 6.39. The molecule has 1 N–H and O–H groups in total. The van der Waals surface area contributed by atoms with Gasteiger partial charge in [0.1, 0.15) is 11.8 Å². The first-order valence-corrected chi connectivity index (χ1v) is 13.1. The van der Waals surface area contributed by atoms with E-state index in [2.05, 4.69) is 35.1 Å². The van der Waals surface area contributed by atoms with E-state index in [1.807, 2.05) is 86.6 Å². The van der Waals surface area contributed by atoms with Gasteiger partial charge in [0.25, 0.3) is 5.91 Å². The van der Waals surface area contributed by atoms with Gasteiger partial charge in [-0.1, -0.05) is 84.4 Å². The Hall–Kier alpha value is -3.12. The van der Waals surface area contributed by atoms with Crippen LogP contribution in [0.25, 0.3) is 0 Å². The van der Waals surface area contributed by atoms with E-state index in [4.69, 9.17) is 4.74 Å². The number of nitrogens with zero attached hydrogens (tertiary/aromatic N) is 1. The fourth-order valence-electron chi connectivity index (χ4n) is 3.89. The Bertz CT molecular complexity index is 1160. The molecule has 0 fully saturated rings. The summed E-state index contributed by atoms with van der Waals surface area (Å²) in [5.41, 5.74) is 3.94. The lowest BCUT2D eigenvalue weighted by atomic mass is 10.0. The predicted molar refractivity (Wildman–Crippen MR) is 148 cm³/mol. The van der Waals surface area contributed by atoms with Crippen LogP contribution in [-0.2, 0) is 22.6 Å². The molecular formula is C30H35BrN2O3. The van der Waals surface area contributed by atoms with Gasteiger partial charge in [-0.25, -0.2) is 0 Å². The van der Waals surface area contributed by atoms with Crippen molar-refractivity contribution in [3.63, 3.8) is 0 Å². The number of hydrogen-bond donors (Lipinski definition) is 1. The molecule has 0 aliphatic carbocycles. The zero-order chi connectivity index (χ0) is 26.1. The maximum Gasteiger partial charge on any atom is 0.261 e. The SMILES string of the molecule is Cc1ccc(C)c(OCC(=O)N(Cc2cccc(Br)c2)[C@@H](Cc2ccccc2)C(=O)NCC(C)C)c1. The minimum absolute atomic E-state index is 0.152. The fraction of sp³-hybridized carbons (Fsp3) is 0.333.